The Labute approximate surface area is 110 Å². The molecule has 2 aromatic carbocycles. The van der Waals surface area contributed by atoms with Crippen molar-refractivity contribution in [1.82, 2.24) is 9.97 Å². The van der Waals surface area contributed by atoms with Crippen LogP contribution in [0, 0.1) is 6.07 Å². The number of para-hydroxylation sites is 2. The number of benzene rings is 2. The van der Waals surface area contributed by atoms with Crippen molar-refractivity contribution in [2.24, 2.45) is 0 Å². The molecular formula is C13H10N2Ti. The summed E-state index contributed by atoms with van der Waals surface area (Å²) in [6.07, 6.45) is 1.57. The molecule has 1 heterocycles. The summed E-state index contributed by atoms with van der Waals surface area (Å²) in [6, 6.07) is 20.3. The number of hydrogen-bond acceptors (Lipinski definition) is 1. The molecule has 0 fully saturated rings. The van der Waals surface area contributed by atoms with E-state index in [0.717, 1.165) is 11.0 Å². The molecule has 76 valence electrons. The maximum atomic E-state index is 4.01. The third kappa shape index (κ3) is 3.65. The molecule has 3 heteroatoms. The van der Waals surface area contributed by atoms with Gasteiger partial charge in [0.15, 0.2) is 0 Å². The van der Waals surface area contributed by atoms with Crippen LogP contribution in [0.15, 0.2) is 60.9 Å². The van der Waals surface area contributed by atoms with Gasteiger partial charge in [-0.15, -0.1) is 0 Å². The fraction of sp³-hybridized carbons (Fsp3) is 0. The summed E-state index contributed by atoms with van der Waals surface area (Å²) in [6.45, 7) is 0. The first-order valence-corrected chi connectivity index (χ1v) is 4.70. The standard InChI is InChI=1S/C7H5N2.C6H5.Ti/c1-2-4-7-6(3-1)8-5-9-7;1-2-4-6-5-3-1;/h1-5H;1-5H;/q2*-1;+2. The SMILES string of the molecule is [Ti+2].[c-]1ccccc1.c1ccc2[n-]cnc2c1. The first kappa shape index (κ1) is 12.7. The molecule has 0 spiro atoms. The summed E-state index contributed by atoms with van der Waals surface area (Å²) in [5.74, 6) is 0. The van der Waals surface area contributed by atoms with Crippen molar-refractivity contribution in [2.45, 2.75) is 0 Å². The van der Waals surface area contributed by atoms with Gasteiger partial charge in [0, 0.05) is 0 Å². The van der Waals surface area contributed by atoms with E-state index in [1.54, 1.807) is 6.33 Å². The molecule has 0 saturated carbocycles. The van der Waals surface area contributed by atoms with Crippen LogP contribution in [0.25, 0.3) is 11.0 Å². The smallest absolute Gasteiger partial charge is 0.443 e. The number of nitrogens with zero attached hydrogens (tertiary/aromatic N) is 2. The molecule has 0 aliphatic carbocycles. The van der Waals surface area contributed by atoms with Gasteiger partial charge in [-0.05, 0) is 11.0 Å². The molecule has 0 N–H and O–H groups in total. The maximum Gasteiger partial charge on any atom is 2.00 e. The Balaban J connectivity index is 0.000000162. The summed E-state index contributed by atoms with van der Waals surface area (Å²) >= 11 is 0. The van der Waals surface area contributed by atoms with Crippen molar-refractivity contribution in [3.05, 3.63) is 67.0 Å². The molecule has 3 rings (SSSR count). The predicted octanol–water partition coefficient (Wildman–Crippen LogP) is 2.68. The van der Waals surface area contributed by atoms with Crippen LogP contribution in [0.1, 0.15) is 0 Å². The monoisotopic (exact) mass is 242 g/mol. The summed E-state index contributed by atoms with van der Waals surface area (Å²) in [7, 11) is 0. The zero-order valence-electron chi connectivity index (χ0n) is 8.67. The fourth-order valence-corrected chi connectivity index (χ4v) is 1.18. The summed E-state index contributed by atoms with van der Waals surface area (Å²) in [4.78, 5) is 8.02. The summed E-state index contributed by atoms with van der Waals surface area (Å²) in [5.41, 5.74) is 1.94. The van der Waals surface area contributed by atoms with Crippen molar-refractivity contribution in [1.29, 1.82) is 0 Å². The molecule has 0 aliphatic heterocycles. The molecule has 0 unspecified atom stereocenters. The van der Waals surface area contributed by atoms with Crippen LogP contribution in [0.5, 0.6) is 0 Å². The Morgan fingerprint density at radius 1 is 0.938 bits per heavy atom. The van der Waals surface area contributed by atoms with Crippen LogP contribution < -0.4 is 4.98 Å². The van der Waals surface area contributed by atoms with Crippen LogP contribution in [0.3, 0.4) is 0 Å². The Bertz CT molecular complexity index is 448. The number of fused-ring (bicyclic) bond motifs is 1. The van der Waals surface area contributed by atoms with E-state index in [-0.39, 0.29) is 21.7 Å². The normalized spacial score (nSPS) is 8.75. The molecule has 0 radical (unpaired) electrons. The van der Waals surface area contributed by atoms with Gasteiger partial charge in [-0.2, -0.15) is 36.4 Å². The van der Waals surface area contributed by atoms with E-state index < -0.39 is 0 Å². The van der Waals surface area contributed by atoms with Crippen LogP contribution in [-0.2, 0) is 21.7 Å². The minimum Gasteiger partial charge on any atom is -0.443 e. The van der Waals surface area contributed by atoms with E-state index in [4.69, 9.17) is 0 Å². The molecule has 0 bridgehead atoms. The molecule has 0 amide bonds. The van der Waals surface area contributed by atoms with Crippen molar-refractivity contribution < 1.29 is 21.7 Å². The predicted molar refractivity (Wildman–Crippen MR) is 60.3 cm³/mol. The van der Waals surface area contributed by atoms with Gasteiger partial charge in [-0.1, -0.05) is 30.6 Å². The number of aromatic nitrogens is 2. The average molecular weight is 242 g/mol. The quantitative estimate of drug-likeness (QED) is 0.447. The van der Waals surface area contributed by atoms with Gasteiger partial charge in [0.25, 0.3) is 0 Å². The second kappa shape index (κ2) is 6.99. The third-order valence-electron chi connectivity index (χ3n) is 1.88. The van der Waals surface area contributed by atoms with Gasteiger partial charge >= 0.3 is 21.7 Å². The fourth-order valence-electron chi connectivity index (χ4n) is 1.18. The van der Waals surface area contributed by atoms with Gasteiger partial charge in [0.2, 0.25) is 0 Å². The molecule has 0 saturated heterocycles. The van der Waals surface area contributed by atoms with E-state index in [1.165, 1.54) is 0 Å². The minimum atomic E-state index is 0. The maximum absolute atomic E-state index is 4.01. The second-order valence-corrected chi connectivity index (χ2v) is 2.94. The van der Waals surface area contributed by atoms with Gasteiger partial charge in [0.05, 0.1) is 0 Å². The minimum absolute atomic E-state index is 0. The van der Waals surface area contributed by atoms with E-state index in [0.29, 0.717) is 0 Å². The van der Waals surface area contributed by atoms with Gasteiger partial charge in [0.1, 0.15) is 0 Å². The molecule has 0 aliphatic rings. The van der Waals surface area contributed by atoms with Crippen molar-refractivity contribution >= 4 is 11.0 Å². The van der Waals surface area contributed by atoms with Crippen LogP contribution in [0.2, 0.25) is 0 Å². The van der Waals surface area contributed by atoms with E-state index in [9.17, 15) is 0 Å². The molecule has 2 nitrogen and oxygen atoms in total. The number of hydrogen-bond donors (Lipinski definition) is 0. The zero-order valence-corrected chi connectivity index (χ0v) is 10.2. The second-order valence-electron chi connectivity index (χ2n) is 2.94. The largest absolute Gasteiger partial charge is 2.00 e. The van der Waals surface area contributed by atoms with Gasteiger partial charge in [-0.25, -0.2) is 0 Å². The molecule has 1 aromatic heterocycles. The summed E-state index contributed by atoms with van der Waals surface area (Å²) < 4.78 is 0. The Morgan fingerprint density at radius 3 is 2.25 bits per heavy atom. The van der Waals surface area contributed by atoms with Crippen molar-refractivity contribution in [3.63, 3.8) is 0 Å². The summed E-state index contributed by atoms with van der Waals surface area (Å²) in [5, 5.41) is 0. The van der Waals surface area contributed by atoms with Crippen LogP contribution in [-0.4, -0.2) is 4.98 Å². The van der Waals surface area contributed by atoms with Crippen LogP contribution in [0.4, 0.5) is 0 Å². The molecule has 16 heavy (non-hydrogen) atoms. The van der Waals surface area contributed by atoms with E-state index >= 15 is 0 Å². The van der Waals surface area contributed by atoms with Gasteiger partial charge < -0.3 is 9.97 Å². The number of imidazole rings is 1. The zero-order chi connectivity index (χ0) is 10.3. The van der Waals surface area contributed by atoms with Crippen molar-refractivity contribution in [3.8, 4) is 0 Å². The van der Waals surface area contributed by atoms with Crippen molar-refractivity contribution in [2.75, 3.05) is 0 Å². The molecule has 0 atom stereocenters. The first-order valence-electron chi connectivity index (χ1n) is 4.70. The first-order chi connectivity index (χ1) is 7.47. The van der Waals surface area contributed by atoms with E-state index in [2.05, 4.69) is 16.0 Å². The van der Waals surface area contributed by atoms with Gasteiger partial charge in [-0.3, -0.25) is 0 Å². The van der Waals surface area contributed by atoms with E-state index in [1.807, 2.05) is 54.6 Å². The average Bonchev–Trinajstić information content (AvgIpc) is 2.80. The molecule has 3 aromatic rings. The Morgan fingerprint density at radius 2 is 1.69 bits per heavy atom. The Hall–Kier alpha value is -1.38. The topological polar surface area (TPSA) is 27.0 Å². The third-order valence-corrected chi connectivity index (χ3v) is 1.88. The molecular weight excluding hydrogens is 232 g/mol. The Kier molecular flexibility index (Phi) is 5.55. The number of rotatable bonds is 0. The van der Waals surface area contributed by atoms with Crippen LogP contribution >= 0.6 is 0 Å².